The van der Waals surface area contributed by atoms with Crippen molar-refractivity contribution < 1.29 is 0 Å². The topological polar surface area (TPSA) is 0 Å². The van der Waals surface area contributed by atoms with Gasteiger partial charge in [-0.3, -0.25) is 0 Å². The maximum Gasteiger partial charge on any atom is 0.0235 e. The summed E-state index contributed by atoms with van der Waals surface area (Å²) in [4.78, 5) is 1.47. The monoisotopic (exact) mass is 322 g/mol. The second-order valence-corrected chi connectivity index (χ2v) is 9.17. The van der Waals surface area contributed by atoms with Crippen LogP contribution in [0.4, 0.5) is 0 Å². The zero-order chi connectivity index (χ0) is 16.0. The first-order chi connectivity index (χ1) is 11.0. The van der Waals surface area contributed by atoms with Crippen LogP contribution in [0.3, 0.4) is 0 Å². The molecule has 0 fully saturated rings. The fourth-order valence-electron chi connectivity index (χ4n) is 4.36. The van der Waals surface area contributed by atoms with Crippen molar-refractivity contribution in [3.05, 3.63) is 64.2 Å². The number of hydrogen-bond donors (Lipinski definition) is 0. The fourth-order valence-corrected chi connectivity index (χ4v) is 5.44. The summed E-state index contributed by atoms with van der Waals surface area (Å²) in [6, 6.07) is 14.2. The van der Waals surface area contributed by atoms with Crippen LogP contribution in [0.1, 0.15) is 67.3 Å². The van der Waals surface area contributed by atoms with Crippen molar-refractivity contribution in [2.75, 3.05) is 0 Å². The van der Waals surface area contributed by atoms with E-state index in [1.807, 2.05) is 11.8 Å². The highest BCUT2D eigenvalue weighted by Gasteiger charge is 2.33. The van der Waals surface area contributed by atoms with Gasteiger partial charge in [-0.2, -0.15) is 0 Å². The summed E-state index contributed by atoms with van der Waals surface area (Å²) in [6.45, 7) is 7.19. The maximum absolute atomic E-state index is 2.57. The highest BCUT2D eigenvalue weighted by molar-refractivity contribution is 7.98. The molecule has 0 radical (unpaired) electrons. The number of aryl methyl sites for hydroxylation is 2. The zero-order valence-corrected chi connectivity index (χ0v) is 15.3. The molecule has 4 rings (SSSR count). The quantitative estimate of drug-likeness (QED) is 0.544. The molecule has 1 heterocycles. The van der Waals surface area contributed by atoms with Crippen LogP contribution in [0.25, 0.3) is 0 Å². The molecule has 23 heavy (non-hydrogen) atoms. The molecule has 1 unspecified atom stereocenters. The van der Waals surface area contributed by atoms with E-state index in [1.165, 1.54) is 36.1 Å². The van der Waals surface area contributed by atoms with E-state index in [-0.39, 0.29) is 5.41 Å². The summed E-state index contributed by atoms with van der Waals surface area (Å²) in [5.74, 6) is 1.61. The van der Waals surface area contributed by atoms with E-state index in [1.54, 1.807) is 22.3 Å². The molecule has 0 spiro atoms. The Labute approximate surface area is 144 Å². The summed E-state index contributed by atoms with van der Waals surface area (Å²) in [5.41, 5.74) is 8.17. The number of thioether (sulfide) groups is 1. The smallest absolute Gasteiger partial charge is 0.0235 e. The predicted octanol–water partition coefficient (Wildman–Crippen LogP) is 6.35. The van der Waals surface area contributed by atoms with Gasteiger partial charge >= 0.3 is 0 Å². The first-order valence-corrected chi connectivity index (χ1v) is 9.89. The lowest BCUT2D eigenvalue weighted by molar-refractivity contribution is 0.354. The van der Waals surface area contributed by atoms with E-state index in [0.717, 1.165) is 5.75 Å². The average molecular weight is 323 g/mol. The number of rotatable bonds is 0. The molecule has 0 nitrogen and oxygen atoms in total. The Morgan fingerprint density at radius 1 is 0.870 bits per heavy atom. The van der Waals surface area contributed by atoms with Crippen molar-refractivity contribution in [2.24, 2.45) is 5.41 Å². The highest BCUT2D eigenvalue weighted by Crippen LogP contribution is 2.49. The van der Waals surface area contributed by atoms with E-state index in [0.29, 0.717) is 5.92 Å². The third kappa shape index (κ3) is 2.74. The Morgan fingerprint density at radius 3 is 2.30 bits per heavy atom. The van der Waals surface area contributed by atoms with Crippen LogP contribution in [0.15, 0.2) is 41.3 Å². The summed E-state index contributed by atoms with van der Waals surface area (Å²) in [6.07, 6.45) is 5.27. The van der Waals surface area contributed by atoms with Gasteiger partial charge in [-0.25, -0.2) is 0 Å². The number of hydrogen-bond acceptors (Lipinski definition) is 1. The molecule has 0 bridgehead atoms. The molecule has 120 valence electrons. The van der Waals surface area contributed by atoms with E-state index in [2.05, 4.69) is 57.2 Å². The van der Waals surface area contributed by atoms with Crippen LogP contribution < -0.4 is 0 Å². The normalized spacial score (nSPS) is 20.2. The van der Waals surface area contributed by atoms with E-state index in [4.69, 9.17) is 0 Å². The second kappa shape index (κ2) is 5.70. The van der Waals surface area contributed by atoms with Crippen molar-refractivity contribution in [2.45, 2.75) is 63.0 Å². The lowest BCUT2D eigenvalue weighted by atomic mass is 9.70. The third-order valence-electron chi connectivity index (χ3n) is 5.39. The van der Waals surface area contributed by atoms with Gasteiger partial charge in [0, 0.05) is 16.6 Å². The van der Waals surface area contributed by atoms with Crippen molar-refractivity contribution in [1.82, 2.24) is 0 Å². The minimum absolute atomic E-state index is 0.235. The largest absolute Gasteiger partial charge is 0.121 e. The van der Waals surface area contributed by atoms with E-state index in [9.17, 15) is 0 Å². The number of benzene rings is 2. The molecule has 0 aromatic heterocycles. The standard InChI is InChI=1S/C22H26S/c1-22(2,3)21-18-10-6-7-11-20(18)23-14-17-12-15-8-4-5-9-16(15)13-19(17)21/h6-7,10-13,21H,4-5,8-9,14H2,1-3H3. The molecular weight excluding hydrogens is 296 g/mol. The van der Waals surface area contributed by atoms with E-state index < -0.39 is 0 Å². The van der Waals surface area contributed by atoms with Gasteiger partial charge in [-0.15, -0.1) is 11.8 Å². The SMILES string of the molecule is CC(C)(C)C1c2cc3c(cc2CSc2ccccc21)CCCC3. The molecule has 2 aliphatic rings. The Kier molecular flexibility index (Phi) is 3.80. The molecule has 0 saturated carbocycles. The average Bonchev–Trinajstić information content (AvgIpc) is 2.68. The summed E-state index contributed by atoms with van der Waals surface area (Å²) >= 11 is 2.02. The van der Waals surface area contributed by atoms with Gasteiger partial charge in [-0.05, 0) is 65.0 Å². The molecule has 0 N–H and O–H groups in total. The minimum atomic E-state index is 0.235. The molecular formula is C22H26S. The van der Waals surface area contributed by atoms with Crippen LogP contribution in [-0.2, 0) is 18.6 Å². The van der Waals surface area contributed by atoms with Crippen LogP contribution in [0, 0.1) is 5.41 Å². The highest BCUT2D eigenvalue weighted by atomic mass is 32.2. The Bertz CT molecular complexity index is 736. The van der Waals surface area contributed by atoms with Crippen LogP contribution in [0.2, 0.25) is 0 Å². The molecule has 0 saturated heterocycles. The van der Waals surface area contributed by atoms with Crippen LogP contribution in [-0.4, -0.2) is 0 Å². The van der Waals surface area contributed by atoms with Gasteiger partial charge in [0.15, 0.2) is 0 Å². The molecule has 2 aromatic carbocycles. The van der Waals surface area contributed by atoms with Gasteiger partial charge < -0.3 is 0 Å². The summed E-state index contributed by atoms with van der Waals surface area (Å²) < 4.78 is 0. The van der Waals surface area contributed by atoms with E-state index >= 15 is 0 Å². The lowest BCUT2D eigenvalue weighted by Gasteiger charge is -2.34. The predicted molar refractivity (Wildman–Crippen MR) is 100 cm³/mol. The van der Waals surface area contributed by atoms with Crippen LogP contribution >= 0.6 is 11.8 Å². The number of fused-ring (bicyclic) bond motifs is 3. The molecule has 1 heteroatoms. The first-order valence-electron chi connectivity index (χ1n) is 8.90. The van der Waals surface area contributed by atoms with Gasteiger partial charge in [0.1, 0.15) is 0 Å². The fraction of sp³-hybridized carbons (Fsp3) is 0.455. The summed E-state index contributed by atoms with van der Waals surface area (Å²) in [5, 5.41) is 0. The lowest BCUT2D eigenvalue weighted by Crippen LogP contribution is -2.21. The zero-order valence-electron chi connectivity index (χ0n) is 14.5. The van der Waals surface area contributed by atoms with Crippen molar-refractivity contribution in [1.29, 1.82) is 0 Å². The molecule has 2 aromatic rings. The Morgan fingerprint density at radius 2 is 1.57 bits per heavy atom. The van der Waals surface area contributed by atoms with Gasteiger partial charge in [-0.1, -0.05) is 51.1 Å². The first kappa shape index (κ1) is 15.3. The maximum atomic E-state index is 2.57. The second-order valence-electron chi connectivity index (χ2n) is 8.15. The van der Waals surface area contributed by atoms with Crippen molar-refractivity contribution in [3.8, 4) is 0 Å². The van der Waals surface area contributed by atoms with Crippen molar-refractivity contribution in [3.63, 3.8) is 0 Å². The Hall–Kier alpha value is -1.21. The van der Waals surface area contributed by atoms with Crippen LogP contribution in [0.5, 0.6) is 0 Å². The van der Waals surface area contributed by atoms with Gasteiger partial charge in [0.2, 0.25) is 0 Å². The third-order valence-corrected chi connectivity index (χ3v) is 6.53. The van der Waals surface area contributed by atoms with Crippen molar-refractivity contribution >= 4 is 11.8 Å². The van der Waals surface area contributed by atoms with Gasteiger partial charge in [0.05, 0.1) is 0 Å². The molecule has 1 aliphatic heterocycles. The molecule has 1 atom stereocenters. The Balaban J connectivity index is 1.94. The molecule has 0 amide bonds. The summed E-state index contributed by atoms with van der Waals surface area (Å²) in [7, 11) is 0. The molecule has 1 aliphatic carbocycles. The minimum Gasteiger partial charge on any atom is -0.121 e. The van der Waals surface area contributed by atoms with Gasteiger partial charge in [0.25, 0.3) is 0 Å².